The minimum Gasteiger partial charge on any atom is -0.351 e. The molecule has 0 aliphatic rings. The van der Waals surface area contributed by atoms with Gasteiger partial charge in [0.15, 0.2) is 5.96 Å². The van der Waals surface area contributed by atoms with E-state index in [0.29, 0.717) is 13.1 Å². The quantitative estimate of drug-likeness (QED) is 0.446. The number of thiazole rings is 1. The van der Waals surface area contributed by atoms with E-state index >= 15 is 0 Å². The SMILES string of the molecule is CCc1cnc(CNC(=NC)NCc2ccccn2)s1.I. The molecule has 0 saturated carbocycles. The minimum atomic E-state index is 0. The van der Waals surface area contributed by atoms with E-state index in [1.165, 1.54) is 4.88 Å². The van der Waals surface area contributed by atoms with Crippen molar-refractivity contribution < 1.29 is 0 Å². The van der Waals surface area contributed by atoms with Crippen LogP contribution in [0, 0.1) is 0 Å². The van der Waals surface area contributed by atoms with Gasteiger partial charge in [-0.25, -0.2) is 4.98 Å². The van der Waals surface area contributed by atoms with Crippen LogP contribution in [0.2, 0.25) is 0 Å². The second kappa shape index (κ2) is 9.67. The highest BCUT2D eigenvalue weighted by Gasteiger charge is 2.02. The highest BCUT2D eigenvalue weighted by Crippen LogP contribution is 2.12. The second-order valence-corrected chi connectivity index (χ2v) is 5.37. The molecule has 0 saturated heterocycles. The van der Waals surface area contributed by atoms with Crippen LogP contribution in [0.5, 0.6) is 0 Å². The van der Waals surface area contributed by atoms with E-state index in [2.05, 4.69) is 32.5 Å². The molecule has 2 aromatic heterocycles. The molecule has 114 valence electrons. The number of nitrogens with one attached hydrogen (secondary N) is 2. The largest absolute Gasteiger partial charge is 0.351 e. The average molecular weight is 417 g/mol. The minimum absolute atomic E-state index is 0. The molecular weight excluding hydrogens is 397 g/mol. The molecule has 7 heteroatoms. The van der Waals surface area contributed by atoms with E-state index in [1.807, 2.05) is 24.4 Å². The first-order valence-corrected chi connectivity index (χ1v) is 7.41. The number of nitrogens with zero attached hydrogens (tertiary/aromatic N) is 3. The number of aryl methyl sites for hydroxylation is 1. The Morgan fingerprint density at radius 2 is 2.05 bits per heavy atom. The lowest BCUT2D eigenvalue weighted by Crippen LogP contribution is -2.36. The van der Waals surface area contributed by atoms with Crippen LogP contribution in [0.4, 0.5) is 0 Å². The van der Waals surface area contributed by atoms with Crippen molar-refractivity contribution in [3.05, 3.63) is 46.2 Å². The van der Waals surface area contributed by atoms with Crippen molar-refractivity contribution in [2.24, 2.45) is 4.99 Å². The molecule has 0 aliphatic carbocycles. The molecule has 0 unspecified atom stereocenters. The molecule has 0 atom stereocenters. The summed E-state index contributed by atoms with van der Waals surface area (Å²) in [6.45, 7) is 3.48. The third-order valence-corrected chi connectivity index (χ3v) is 3.89. The van der Waals surface area contributed by atoms with Gasteiger partial charge in [-0.05, 0) is 18.6 Å². The summed E-state index contributed by atoms with van der Waals surface area (Å²) >= 11 is 1.73. The number of hydrogen-bond acceptors (Lipinski definition) is 4. The predicted molar refractivity (Wildman–Crippen MR) is 98.2 cm³/mol. The van der Waals surface area contributed by atoms with Crippen molar-refractivity contribution in [3.8, 4) is 0 Å². The lowest BCUT2D eigenvalue weighted by molar-refractivity contribution is 0.791. The fourth-order valence-electron chi connectivity index (χ4n) is 1.65. The van der Waals surface area contributed by atoms with Crippen LogP contribution in [-0.4, -0.2) is 23.0 Å². The molecule has 2 rings (SSSR count). The van der Waals surface area contributed by atoms with Crippen molar-refractivity contribution in [1.29, 1.82) is 0 Å². The zero-order valence-electron chi connectivity index (χ0n) is 12.2. The Hall–Kier alpha value is -1.22. The molecule has 21 heavy (non-hydrogen) atoms. The number of rotatable bonds is 5. The number of aromatic nitrogens is 2. The first-order valence-electron chi connectivity index (χ1n) is 6.59. The molecule has 0 radical (unpaired) electrons. The summed E-state index contributed by atoms with van der Waals surface area (Å²) in [6, 6.07) is 5.86. The Kier molecular flexibility index (Phi) is 8.21. The topological polar surface area (TPSA) is 62.2 Å². The molecule has 0 aromatic carbocycles. The number of guanidine groups is 1. The van der Waals surface area contributed by atoms with Gasteiger partial charge in [-0.1, -0.05) is 13.0 Å². The second-order valence-electron chi connectivity index (χ2n) is 4.17. The third-order valence-electron chi connectivity index (χ3n) is 2.74. The van der Waals surface area contributed by atoms with Gasteiger partial charge >= 0.3 is 0 Å². The Morgan fingerprint density at radius 3 is 2.67 bits per heavy atom. The monoisotopic (exact) mass is 417 g/mol. The van der Waals surface area contributed by atoms with Crippen molar-refractivity contribution in [3.63, 3.8) is 0 Å². The fourth-order valence-corrected chi connectivity index (χ4v) is 2.45. The van der Waals surface area contributed by atoms with Crippen LogP contribution >= 0.6 is 35.3 Å². The first-order chi connectivity index (χ1) is 9.81. The van der Waals surface area contributed by atoms with Crippen LogP contribution in [-0.2, 0) is 19.5 Å². The summed E-state index contributed by atoms with van der Waals surface area (Å²) < 4.78 is 0. The first kappa shape index (κ1) is 17.8. The van der Waals surface area contributed by atoms with Gasteiger partial charge in [0.2, 0.25) is 0 Å². The van der Waals surface area contributed by atoms with Crippen LogP contribution in [0.25, 0.3) is 0 Å². The Balaban J connectivity index is 0.00000220. The van der Waals surface area contributed by atoms with Crippen molar-refractivity contribution in [2.75, 3.05) is 7.05 Å². The summed E-state index contributed by atoms with van der Waals surface area (Å²) in [7, 11) is 1.76. The van der Waals surface area contributed by atoms with E-state index < -0.39 is 0 Å². The van der Waals surface area contributed by atoms with E-state index in [1.54, 1.807) is 24.6 Å². The third kappa shape index (κ3) is 5.96. The zero-order valence-corrected chi connectivity index (χ0v) is 15.3. The highest BCUT2D eigenvalue weighted by atomic mass is 127. The molecule has 2 heterocycles. The van der Waals surface area contributed by atoms with Crippen LogP contribution in [0.3, 0.4) is 0 Å². The highest BCUT2D eigenvalue weighted by molar-refractivity contribution is 14.0. The van der Waals surface area contributed by atoms with E-state index in [-0.39, 0.29) is 24.0 Å². The van der Waals surface area contributed by atoms with E-state index in [0.717, 1.165) is 23.1 Å². The van der Waals surface area contributed by atoms with Gasteiger partial charge < -0.3 is 10.6 Å². The van der Waals surface area contributed by atoms with Crippen molar-refractivity contribution in [1.82, 2.24) is 20.6 Å². The van der Waals surface area contributed by atoms with Crippen LogP contribution in [0.1, 0.15) is 22.5 Å². The molecule has 0 fully saturated rings. The standard InChI is InChI=1S/C14H19N5S.HI/c1-3-12-9-17-13(20-12)10-19-14(15-2)18-8-11-6-4-5-7-16-11;/h4-7,9H,3,8,10H2,1-2H3,(H2,15,18,19);1H. The summed E-state index contributed by atoms with van der Waals surface area (Å²) in [5.74, 6) is 0.754. The Bertz CT molecular complexity index is 556. The van der Waals surface area contributed by atoms with Gasteiger partial charge in [-0.2, -0.15) is 0 Å². The summed E-state index contributed by atoms with van der Waals surface area (Å²) in [5.41, 5.74) is 0.984. The Labute approximate surface area is 146 Å². The number of hydrogen-bond donors (Lipinski definition) is 2. The van der Waals surface area contributed by atoms with Gasteiger partial charge in [0, 0.05) is 24.3 Å². The number of aliphatic imine (C=N–C) groups is 1. The molecule has 5 nitrogen and oxygen atoms in total. The molecule has 2 aromatic rings. The molecular formula is C14H20IN5S. The molecule has 2 N–H and O–H groups in total. The average Bonchev–Trinajstić information content (AvgIpc) is 2.96. The maximum absolute atomic E-state index is 4.37. The molecule has 0 amide bonds. The Morgan fingerprint density at radius 1 is 1.24 bits per heavy atom. The zero-order chi connectivity index (χ0) is 14.2. The smallest absolute Gasteiger partial charge is 0.191 e. The van der Waals surface area contributed by atoms with Gasteiger partial charge in [0.1, 0.15) is 5.01 Å². The fraction of sp³-hybridized carbons (Fsp3) is 0.357. The molecule has 0 bridgehead atoms. The van der Waals surface area contributed by atoms with Crippen molar-refractivity contribution in [2.45, 2.75) is 26.4 Å². The molecule has 0 spiro atoms. The van der Waals surface area contributed by atoms with Gasteiger partial charge in [-0.15, -0.1) is 35.3 Å². The summed E-state index contributed by atoms with van der Waals surface area (Å²) in [5, 5.41) is 7.55. The predicted octanol–water partition coefficient (Wildman–Crippen LogP) is 2.58. The van der Waals surface area contributed by atoms with E-state index in [9.17, 15) is 0 Å². The normalized spacial score (nSPS) is 10.9. The molecule has 0 aliphatic heterocycles. The maximum Gasteiger partial charge on any atom is 0.191 e. The summed E-state index contributed by atoms with van der Waals surface area (Å²) in [6.07, 6.45) is 4.76. The van der Waals surface area contributed by atoms with Gasteiger partial charge in [0.05, 0.1) is 18.8 Å². The van der Waals surface area contributed by atoms with Crippen molar-refractivity contribution >= 4 is 41.3 Å². The maximum atomic E-state index is 4.37. The van der Waals surface area contributed by atoms with Gasteiger partial charge in [0.25, 0.3) is 0 Å². The van der Waals surface area contributed by atoms with Crippen LogP contribution in [0.15, 0.2) is 35.6 Å². The number of halogens is 1. The van der Waals surface area contributed by atoms with E-state index in [4.69, 9.17) is 0 Å². The summed E-state index contributed by atoms with van der Waals surface area (Å²) in [4.78, 5) is 14.1. The lowest BCUT2D eigenvalue weighted by Gasteiger charge is -2.10. The lowest BCUT2D eigenvalue weighted by atomic mass is 10.3. The number of pyridine rings is 1. The van der Waals surface area contributed by atoms with Crippen LogP contribution < -0.4 is 10.6 Å². The van der Waals surface area contributed by atoms with Gasteiger partial charge in [-0.3, -0.25) is 9.98 Å².